The summed E-state index contributed by atoms with van der Waals surface area (Å²) in [5.41, 5.74) is 0.778. The number of thiazole rings is 1. The summed E-state index contributed by atoms with van der Waals surface area (Å²) >= 11 is 2.16. The summed E-state index contributed by atoms with van der Waals surface area (Å²) in [6.45, 7) is 3.50. The van der Waals surface area contributed by atoms with Crippen molar-refractivity contribution in [3.63, 3.8) is 0 Å². The van der Waals surface area contributed by atoms with E-state index in [1.807, 2.05) is 0 Å². The van der Waals surface area contributed by atoms with E-state index in [2.05, 4.69) is 4.98 Å². The van der Waals surface area contributed by atoms with Gasteiger partial charge in [0.1, 0.15) is 4.88 Å². The zero-order valence-electron chi connectivity index (χ0n) is 19.4. The number of amides is 1. The summed E-state index contributed by atoms with van der Waals surface area (Å²) in [5, 5.41) is 12.8. The van der Waals surface area contributed by atoms with E-state index in [0.29, 0.717) is 27.6 Å². The number of benzene rings is 1. The first-order valence-corrected chi connectivity index (χ1v) is 12.2. The molecule has 1 atom stereocenters. The molecule has 9 nitrogen and oxygen atoms in total. The molecule has 1 N–H and O–H groups in total. The predicted molar refractivity (Wildman–Crippen MR) is 131 cm³/mol. The van der Waals surface area contributed by atoms with Crippen molar-refractivity contribution in [2.45, 2.75) is 19.9 Å². The van der Waals surface area contributed by atoms with Crippen LogP contribution in [0.3, 0.4) is 0 Å². The molecule has 3 heterocycles. The highest BCUT2D eigenvalue weighted by molar-refractivity contribution is 7.17. The average Bonchev–Trinajstić information content (AvgIpc) is 3.58. The number of aliphatic hydroxyl groups excluding tert-OH is 1. The number of hydrogen-bond donors (Lipinski definition) is 1. The predicted octanol–water partition coefficient (Wildman–Crippen LogP) is 4.49. The van der Waals surface area contributed by atoms with Gasteiger partial charge in [-0.25, -0.2) is 9.78 Å². The number of Topliss-reactive ketones (excluding diaryl/α,β-unsaturated/α-hetero) is 1. The zero-order valence-corrected chi connectivity index (χ0v) is 21.0. The Labute approximate surface area is 209 Å². The molecule has 1 aliphatic heterocycles. The molecule has 4 rings (SSSR count). The molecule has 0 saturated carbocycles. The van der Waals surface area contributed by atoms with Crippen LogP contribution in [0.25, 0.3) is 0 Å². The van der Waals surface area contributed by atoms with E-state index >= 15 is 0 Å². The lowest BCUT2D eigenvalue weighted by molar-refractivity contribution is -0.117. The van der Waals surface area contributed by atoms with E-state index in [-0.39, 0.29) is 22.2 Å². The molecule has 0 aliphatic carbocycles. The molecule has 11 heteroatoms. The quantitative estimate of drug-likeness (QED) is 0.345. The molecule has 1 amide bonds. The minimum atomic E-state index is -1.02. The number of nitrogens with zero attached hydrogens (tertiary/aromatic N) is 2. The number of anilines is 1. The number of rotatable bonds is 8. The van der Waals surface area contributed by atoms with Crippen molar-refractivity contribution in [3.8, 4) is 11.5 Å². The number of carbonyl (C=O) groups excluding carboxylic acids is 3. The van der Waals surface area contributed by atoms with Gasteiger partial charge in [0.05, 0.1) is 43.0 Å². The highest BCUT2D eigenvalue weighted by Crippen LogP contribution is 2.45. The van der Waals surface area contributed by atoms with Crippen molar-refractivity contribution in [1.82, 2.24) is 4.98 Å². The maximum Gasteiger partial charge on any atom is 0.350 e. The molecule has 182 valence electrons. The average molecular weight is 515 g/mol. The molecule has 0 saturated heterocycles. The van der Waals surface area contributed by atoms with E-state index in [1.54, 1.807) is 49.6 Å². The lowest BCUT2D eigenvalue weighted by Gasteiger charge is -2.25. The van der Waals surface area contributed by atoms with Crippen LogP contribution in [0.2, 0.25) is 0 Å². The van der Waals surface area contributed by atoms with Crippen LogP contribution < -0.4 is 14.4 Å². The van der Waals surface area contributed by atoms with Gasteiger partial charge in [0.25, 0.3) is 5.91 Å². The summed E-state index contributed by atoms with van der Waals surface area (Å²) in [5.74, 6) is -1.67. The Morgan fingerprint density at radius 1 is 1.17 bits per heavy atom. The van der Waals surface area contributed by atoms with Crippen molar-refractivity contribution in [2.75, 3.05) is 25.7 Å². The number of thiophene rings is 1. The zero-order chi connectivity index (χ0) is 25.3. The number of aliphatic hydroxyl groups is 1. The molecule has 0 radical (unpaired) electrons. The van der Waals surface area contributed by atoms with Gasteiger partial charge in [-0.15, -0.1) is 11.3 Å². The summed E-state index contributed by atoms with van der Waals surface area (Å²) in [6, 6.07) is 7.29. The Balaban J connectivity index is 1.88. The van der Waals surface area contributed by atoms with Gasteiger partial charge in [-0.05, 0) is 43.0 Å². The van der Waals surface area contributed by atoms with Gasteiger partial charge in [-0.1, -0.05) is 23.5 Å². The highest BCUT2D eigenvalue weighted by atomic mass is 32.1. The molecule has 2 aromatic heterocycles. The molecule has 0 bridgehead atoms. The van der Waals surface area contributed by atoms with Gasteiger partial charge < -0.3 is 19.3 Å². The molecule has 1 aromatic carbocycles. The Kier molecular flexibility index (Phi) is 6.90. The first-order chi connectivity index (χ1) is 16.8. The lowest BCUT2D eigenvalue weighted by atomic mass is 9.95. The van der Waals surface area contributed by atoms with Gasteiger partial charge in [0.15, 0.2) is 22.4 Å². The monoisotopic (exact) mass is 514 g/mol. The lowest BCUT2D eigenvalue weighted by Crippen LogP contribution is -2.31. The van der Waals surface area contributed by atoms with Gasteiger partial charge in [0, 0.05) is 0 Å². The topological polar surface area (TPSA) is 115 Å². The molecule has 3 aromatic rings. The van der Waals surface area contributed by atoms with Crippen molar-refractivity contribution >= 4 is 45.5 Å². The van der Waals surface area contributed by atoms with Crippen LogP contribution in [0.1, 0.15) is 43.6 Å². The third-order valence-corrected chi connectivity index (χ3v) is 7.38. The summed E-state index contributed by atoms with van der Waals surface area (Å²) in [7, 11) is 2.97. The van der Waals surface area contributed by atoms with Crippen molar-refractivity contribution in [3.05, 3.63) is 68.1 Å². The molecule has 0 spiro atoms. The molecular formula is C24H22N2O7S2. The molecule has 35 heavy (non-hydrogen) atoms. The first-order valence-electron chi connectivity index (χ1n) is 10.5. The van der Waals surface area contributed by atoms with Gasteiger partial charge in [0.2, 0.25) is 5.78 Å². The van der Waals surface area contributed by atoms with Gasteiger partial charge in [-0.2, -0.15) is 0 Å². The number of ether oxygens (including phenoxy) is 3. The fraction of sp³-hybridized carbons (Fsp3) is 0.250. The SMILES string of the molecule is CCOC(=O)c1sc(N2C(=O)C(O)=C(C(=O)c3cccs3)C2c2ccc(OC)c(OC)c2)nc1C. The fourth-order valence-corrected chi connectivity index (χ4v) is 5.45. The van der Waals surface area contributed by atoms with Crippen molar-refractivity contribution in [1.29, 1.82) is 0 Å². The molecule has 1 aliphatic rings. The Morgan fingerprint density at radius 2 is 1.91 bits per heavy atom. The van der Waals surface area contributed by atoms with Crippen LogP contribution in [0.4, 0.5) is 5.13 Å². The third-order valence-electron chi connectivity index (χ3n) is 5.37. The number of carbonyl (C=O) groups is 3. The minimum Gasteiger partial charge on any atom is -0.503 e. The van der Waals surface area contributed by atoms with Crippen LogP contribution in [-0.2, 0) is 9.53 Å². The normalized spacial score (nSPS) is 15.5. The Bertz CT molecular complexity index is 1330. The fourth-order valence-electron chi connectivity index (χ4n) is 3.78. The number of aromatic nitrogens is 1. The summed E-state index contributed by atoms with van der Waals surface area (Å²) < 4.78 is 15.8. The van der Waals surface area contributed by atoms with E-state index in [4.69, 9.17) is 14.2 Å². The maximum atomic E-state index is 13.4. The summed E-state index contributed by atoms with van der Waals surface area (Å²) in [6.07, 6.45) is 0. The van der Waals surface area contributed by atoms with Crippen LogP contribution in [-0.4, -0.2) is 48.6 Å². The number of aryl methyl sites for hydroxylation is 1. The standard InChI is InChI=1S/C24H22N2O7S2/c1-5-33-23(30)21-12(2)25-24(35-21)26-18(13-8-9-14(31-3)15(11-13)32-4)17(20(28)22(26)29)19(27)16-7-6-10-34-16/h6-11,18,28H,5H2,1-4H3. The van der Waals surface area contributed by atoms with Crippen LogP contribution in [0, 0.1) is 6.92 Å². The number of hydrogen-bond acceptors (Lipinski definition) is 10. The third kappa shape index (κ3) is 4.28. The number of ketones is 1. The second kappa shape index (κ2) is 9.88. The van der Waals surface area contributed by atoms with Crippen LogP contribution >= 0.6 is 22.7 Å². The second-order valence-corrected chi connectivity index (χ2v) is 9.32. The van der Waals surface area contributed by atoms with E-state index in [9.17, 15) is 19.5 Å². The van der Waals surface area contributed by atoms with E-state index in [1.165, 1.54) is 30.5 Å². The maximum absolute atomic E-state index is 13.4. The van der Waals surface area contributed by atoms with Gasteiger partial charge in [-0.3, -0.25) is 14.5 Å². The van der Waals surface area contributed by atoms with Crippen molar-refractivity contribution < 1.29 is 33.7 Å². The highest BCUT2D eigenvalue weighted by Gasteiger charge is 2.46. The van der Waals surface area contributed by atoms with Crippen LogP contribution in [0.15, 0.2) is 47.0 Å². The van der Waals surface area contributed by atoms with E-state index in [0.717, 1.165) is 11.3 Å². The number of methoxy groups -OCH3 is 2. The smallest absolute Gasteiger partial charge is 0.350 e. The largest absolute Gasteiger partial charge is 0.503 e. The van der Waals surface area contributed by atoms with Crippen molar-refractivity contribution in [2.24, 2.45) is 0 Å². The Hall–Kier alpha value is -3.70. The van der Waals surface area contributed by atoms with E-state index < -0.39 is 29.5 Å². The minimum absolute atomic E-state index is 0.0878. The summed E-state index contributed by atoms with van der Waals surface area (Å²) in [4.78, 5) is 45.4. The van der Waals surface area contributed by atoms with Crippen LogP contribution in [0.5, 0.6) is 11.5 Å². The molecule has 0 fully saturated rings. The second-order valence-electron chi connectivity index (χ2n) is 7.39. The first kappa shape index (κ1) is 24.4. The molecule has 1 unspecified atom stereocenters. The number of esters is 1. The Morgan fingerprint density at radius 3 is 2.54 bits per heavy atom. The molecular weight excluding hydrogens is 492 g/mol. The van der Waals surface area contributed by atoms with Gasteiger partial charge >= 0.3 is 5.97 Å².